The number of halogens is 1. The zero-order chi connectivity index (χ0) is 17.4. The van der Waals surface area contributed by atoms with E-state index in [9.17, 15) is 4.39 Å². The van der Waals surface area contributed by atoms with Crippen LogP contribution in [0, 0.1) is 19.7 Å². The molecule has 0 aliphatic carbocycles. The number of benzene rings is 1. The van der Waals surface area contributed by atoms with Crippen LogP contribution in [0.3, 0.4) is 0 Å². The van der Waals surface area contributed by atoms with Crippen molar-refractivity contribution < 1.29 is 4.39 Å². The number of hydrogen-bond donors (Lipinski definition) is 0. The molecule has 1 aliphatic rings. The first-order valence-electron chi connectivity index (χ1n) is 8.48. The van der Waals surface area contributed by atoms with Gasteiger partial charge in [0.1, 0.15) is 17.2 Å². The maximum Gasteiger partial charge on any atom is 0.205 e. The molecule has 0 radical (unpaired) electrons. The summed E-state index contributed by atoms with van der Waals surface area (Å²) in [4.78, 5) is 13.5. The van der Waals surface area contributed by atoms with Gasteiger partial charge in [-0.05, 0) is 32.4 Å². The first-order chi connectivity index (χ1) is 12.1. The molecule has 1 aliphatic heterocycles. The fraction of sp³-hybridized carbons (Fsp3) is 0.389. The van der Waals surface area contributed by atoms with Gasteiger partial charge in [0.15, 0.2) is 0 Å². The molecule has 2 aromatic heterocycles. The summed E-state index contributed by atoms with van der Waals surface area (Å²) in [6, 6.07) is 7.25. The lowest BCUT2D eigenvalue weighted by atomic mass is 10.1. The smallest absolute Gasteiger partial charge is 0.205 e. The minimum atomic E-state index is -0.261. The van der Waals surface area contributed by atoms with Gasteiger partial charge < -0.3 is 9.80 Å². The van der Waals surface area contributed by atoms with Crippen LogP contribution in [0.2, 0.25) is 0 Å². The first kappa shape index (κ1) is 16.2. The highest BCUT2D eigenvalue weighted by atomic mass is 32.1. The van der Waals surface area contributed by atoms with E-state index in [4.69, 9.17) is 0 Å². The third-order valence-corrected chi connectivity index (χ3v) is 5.39. The summed E-state index contributed by atoms with van der Waals surface area (Å²) in [6.45, 7) is 7.49. The average molecular weight is 357 g/mol. The van der Waals surface area contributed by atoms with Crippen LogP contribution in [0.15, 0.2) is 24.3 Å². The molecule has 4 rings (SSSR count). The topological polar surface area (TPSA) is 45.2 Å². The van der Waals surface area contributed by atoms with Crippen molar-refractivity contribution in [3.8, 4) is 0 Å². The molecule has 0 atom stereocenters. The van der Waals surface area contributed by atoms with Crippen LogP contribution < -0.4 is 9.80 Å². The van der Waals surface area contributed by atoms with E-state index in [-0.39, 0.29) is 5.82 Å². The molecule has 25 heavy (non-hydrogen) atoms. The summed E-state index contributed by atoms with van der Waals surface area (Å²) in [7, 11) is 0. The standard InChI is InChI=1S/C18H20FN5S/c1-12-11-16(14-5-3-6-15(19)17(14)20-12)23-7-4-8-24(10-9-23)18-21-13(2)22-25-18/h3,5-6,11H,4,7-10H2,1-2H3. The number of aryl methyl sites for hydroxylation is 2. The van der Waals surface area contributed by atoms with Crippen molar-refractivity contribution in [3.05, 3.63) is 41.6 Å². The molecule has 0 unspecified atom stereocenters. The Hall–Kier alpha value is -2.28. The zero-order valence-electron chi connectivity index (χ0n) is 14.4. The Morgan fingerprint density at radius 2 is 1.84 bits per heavy atom. The van der Waals surface area contributed by atoms with Crippen molar-refractivity contribution in [1.82, 2.24) is 14.3 Å². The van der Waals surface area contributed by atoms with Crippen LogP contribution >= 0.6 is 11.5 Å². The second kappa shape index (κ2) is 6.55. The quantitative estimate of drug-likeness (QED) is 0.702. The summed E-state index contributed by atoms with van der Waals surface area (Å²) in [5, 5.41) is 1.87. The zero-order valence-corrected chi connectivity index (χ0v) is 15.2. The van der Waals surface area contributed by atoms with Crippen molar-refractivity contribution in [3.63, 3.8) is 0 Å². The number of rotatable bonds is 2. The summed E-state index contributed by atoms with van der Waals surface area (Å²) in [5.41, 5.74) is 2.36. The van der Waals surface area contributed by atoms with Gasteiger partial charge in [-0.1, -0.05) is 12.1 Å². The van der Waals surface area contributed by atoms with Gasteiger partial charge in [0.05, 0.1) is 0 Å². The molecule has 5 nitrogen and oxygen atoms in total. The van der Waals surface area contributed by atoms with E-state index >= 15 is 0 Å². The molecule has 7 heteroatoms. The third kappa shape index (κ3) is 3.16. The van der Waals surface area contributed by atoms with Crippen LogP contribution in [0.1, 0.15) is 17.9 Å². The number of para-hydroxylation sites is 1. The van der Waals surface area contributed by atoms with Crippen molar-refractivity contribution in [2.45, 2.75) is 20.3 Å². The molecule has 1 aromatic carbocycles. The minimum absolute atomic E-state index is 0.261. The normalized spacial score (nSPS) is 15.6. The minimum Gasteiger partial charge on any atom is -0.369 e. The van der Waals surface area contributed by atoms with Gasteiger partial charge in [0, 0.05) is 54.5 Å². The van der Waals surface area contributed by atoms with E-state index in [2.05, 4.69) is 30.2 Å². The van der Waals surface area contributed by atoms with Gasteiger partial charge >= 0.3 is 0 Å². The van der Waals surface area contributed by atoms with E-state index in [0.29, 0.717) is 5.52 Å². The molecule has 3 aromatic rings. The van der Waals surface area contributed by atoms with Gasteiger partial charge in [-0.15, -0.1) is 0 Å². The Bertz CT molecular complexity index is 910. The van der Waals surface area contributed by atoms with Gasteiger partial charge in [0.2, 0.25) is 5.13 Å². The molecule has 0 amide bonds. The lowest BCUT2D eigenvalue weighted by Gasteiger charge is -2.25. The van der Waals surface area contributed by atoms with Crippen LogP contribution in [0.5, 0.6) is 0 Å². The van der Waals surface area contributed by atoms with Crippen LogP contribution in [0.25, 0.3) is 10.9 Å². The second-order valence-electron chi connectivity index (χ2n) is 6.37. The Balaban J connectivity index is 1.64. The fourth-order valence-electron chi connectivity index (χ4n) is 3.35. The lowest BCUT2D eigenvalue weighted by molar-refractivity contribution is 0.636. The van der Waals surface area contributed by atoms with Crippen molar-refractivity contribution in [2.75, 3.05) is 36.0 Å². The maximum absolute atomic E-state index is 14.2. The Morgan fingerprint density at radius 1 is 1.04 bits per heavy atom. The molecule has 0 bridgehead atoms. The molecule has 1 saturated heterocycles. The molecule has 0 N–H and O–H groups in total. The van der Waals surface area contributed by atoms with Crippen molar-refractivity contribution in [1.29, 1.82) is 0 Å². The highest BCUT2D eigenvalue weighted by molar-refractivity contribution is 7.09. The summed E-state index contributed by atoms with van der Waals surface area (Å²) in [5.74, 6) is 0.565. The largest absolute Gasteiger partial charge is 0.369 e. The summed E-state index contributed by atoms with van der Waals surface area (Å²) >= 11 is 1.46. The molecule has 130 valence electrons. The average Bonchev–Trinajstić information content (AvgIpc) is 2.88. The number of pyridine rings is 1. The summed E-state index contributed by atoms with van der Waals surface area (Å²) < 4.78 is 18.5. The van der Waals surface area contributed by atoms with Gasteiger partial charge in [-0.3, -0.25) is 0 Å². The van der Waals surface area contributed by atoms with Gasteiger partial charge in [-0.2, -0.15) is 4.37 Å². The van der Waals surface area contributed by atoms with Crippen LogP contribution in [-0.4, -0.2) is 40.5 Å². The van der Waals surface area contributed by atoms with E-state index in [1.807, 2.05) is 19.9 Å². The highest BCUT2D eigenvalue weighted by Crippen LogP contribution is 2.29. The molecule has 0 saturated carbocycles. The number of nitrogens with zero attached hydrogens (tertiary/aromatic N) is 5. The highest BCUT2D eigenvalue weighted by Gasteiger charge is 2.20. The third-order valence-electron chi connectivity index (χ3n) is 4.52. The molecule has 3 heterocycles. The SMILES string of the molecule is Cc1cc(N2CCCN(c3nc(C)ns3)CC2)c2cccc(F)c2n1. The summed E-state index contributed by atoms with van der Waals surface area (Å²) in [6.07, 6.45) is 1.02. The van der Waals surface area contributed by atoms with Crippen molar-refractivity contribution >= 4 is 33.3 Å². The second-order valence-corrected chi connectivity index (χ2v) is 7.10. The Morgan fingerprint density at radius 3 is 2.64 bits per heavy atom. The molecular weight excluding hydrogens is 337 g/mol. The van der Waals surface area contributed by atoms with E-state index in [1.165, 1.54) is 17.6 Å². The first-order valence-corrected chi connectivity index (χ1v) is 9.25. The predicted molar refractivity (Wildman–Crippen MR) is 100 cm³/mol. The number of anilines is 2. The predicted octanol–water partition coefficient (Wildman–Crippen LogP) is 3.56. The maximum atomic E-state index is 14.2. The van der Waals surface area contributed by atoms with Crippen molar-refractivity contribution in [2.24, 2.45) is 0 Å². The van der Waals surface area contributed by atoms with Gasteiger partial charge in [0.25, 0.3) is 0 Å². The Kier molecular flexibility index (Phi) is 4.25. The number of hydrogen-bond acceptors (Lipinski definition) is 6. The van der Waals surface area contributed by atoms with Crippen LogP contribution in [0.4, 0.5) is 15.2 Å². The lowest BCUT2D eigenvalue weighted by Crippen LogP contribution is -2.30. The van der Waals surface area contributed by atoms with Crippen LogP contribution in [-0.2, 0) is 0 Å². The molecular formula is C18H20FN5S. The number of aromatic nitrogens is 3. The fourth-order valence-corrected chi connectivity index (χ4v) is 4.07. The number of fused-ring (bicyclic) bond motifs is 1. The van der Waals surface area contributed by atoms with E-state index in [0.717, 1.165) is 60.3 Å². The molecule has 1 fully saturated rings. The van der Waals surface area contributed by atoms with E-state index < -0.39 is 0 Å². The Labute approximate surface area is 150 Å². The van der Waals surface area contributed by atoms with Gasteiger partial charge in [-0.25, -0.2) is 14.4 Å². The van der Waals surface area contributed by atoms with E-state index in [1.54, 1.807) is 6.07 Å². The molecule has 0 spiro atoms. The monoisotopic (exact) mass is 357 g/mol.